The number of allylic oxidation sites excluding steroid dienone is 4. The molecule has 1 heteroatoms. The van der Waals surface area contributed by atoms with Gasteiger partial charge in [0.15, 0.2) is 0 Å². The molecule has 2 aromatic rings. The normalized spacial score (nSPS) is 14.0. The largest absolute Gasteiger partial charge is 0.381 e. The van der Waals surface area contributed by atoms with E-state index in [0.717, 1.165) is 19.4 Å². The molecule has 0 unspecified atom stereocenters. The Kier molecular flexibility index (Phi) is 4.66. The van der Waals surface area contributed by atoms with Gasteiger partial charge < -0.3 is 5.32 Å². The zero-order valence-corrected chi connectivity index (χ0v) is 14.3. The van der Waals surface area contributed by atoms with Gasteiger partial charge >= 0.3 is 0 Å². The van der Waals surface area contributed by atoms with Crippen molar-refractivity contribution in [2.24, 2.45) is 0 Å². The molecule has 0 saturated heterocycles. The number of fused-ring (bicyclic) bond motifs is 1. The fourth-order valence-electron chi connectivity index (χ4n) is 3.02. The summed E-state index contributed by atoms with van der Waals surface area (Å²) in [7, 11) is 0. The van der Waals surface area contributed by atoms with Gasteiger partial charge in [0.1, 0.15) is 0 Å². The molecule has 1 aliphatic heterocycles. The second-order valence-electron chi connectivity index (χ2n) is 6.13. The number of benzene rings is 2. The van der Waals surface area contributed by atoms with Crippen LogP contribution in [-0.2, 0) is 13.0 Å². The number of nitrogens with one attached hydrogen (secondary N) is 1. The summed E-state index contributed by atoms with van der Waals surface area (Å²) in [5.41, 5.74) is 9.39. The van der Waals surface area contributed by atoms with E-state index in [4.69, 9.17) is 0 Å². The van der Waals surface area contributed by atoms with Gasteiger partial charge in [0.25, 0.3) is 0 Å². The van der Waals surface area contributed by atoms with Crippen molar-refractivity contribution >= 4 is 16.8 Å². The predicted molar refractivity (Wildman–Crippen MR) is 102 cm³/mol. The number of rotatable bonds is 5. The van der Waals surface area contributed by atoms with Gasteiger partial charge in [-0.25, -0.2) is 0 Å². The van der Waals surface area contributed by atoms with E-state index >= 15 is 0 Å². The fourth-order valence-corrected chi connectivity index (χ4v) is 3.02. The van der Waals surface area contributed by atoms with Gasteiger partial charge in [0.05, 0.1) is 0 Å². The van der Waals surface area contributed by atoms with Gasteiger partial charge in [-0.3, -0.25) is 0 Å². The molecule has 0 aliphatic carbocycles. The van der Waals surface area contributed by atoms with Gasteiger partial charge in [-0.15, -0.1) is 0 Å². The molecule has 0 radical (unpaired) electrons. The van der Waals surface area contributed by atoms with Crippen LogP contribution < -0.4 is 5.32 Å². The monoisotopic (exact) mass is 303 g/mol. The summed E-state index contributed by atoms with van der Waals surface area (Å²) in [6.45, 7) is 7.61. The molecule has 0 amide bonds. The summed E-state index contributed by atoms with van der Waals surface area (Å²) in [4.78, 5) is 0. The average Bonchev–Trinajstić information content (AvgIpc) is 2.57. The summed E-state index contributed by atoms with van der Waals surface area (Å²) in [6.07, 6.45) is 6.66. The zero-order valence-electron chi connectivity index (χ0n) is 14.3. The third-order valence-corrected chi connectivity index (χ3v) is 4.58. The van der Waals surface area contributed by atoms with Gasteiger partial charge in [0.2, 0.25) is 0 Å². The summed E-state index contributed by atoms with van der Waals surface area (Å²) in [5, 5.41) is 3.34. The quantitative estimate of drug-likeness (QED) is 0.522. The molecule has 118 valence electrons. The SMILES string of the molecule is CC/C=C\C(=C(/C)c1cccc(CC)c1)c1ccc2c(c1)CN2. The Morgan fingerprint density at radius 2 is 1.96 bits per heavy atom. The molecule has 0 fully saturated rings. The average molecular weight is 303 g/mol. The molecule has 0 bridgehead atoms. The molecule has 23 heavy (non-hydrogen) atoms. The Bertz CT molecular complexity index is 765. The minimum atomic E-state index is 0.984. The van der Waals surface area contributed by atoms with Crippen LogP contribution in [0.4, 0.5) is 5.69 Å². The Morgan fingerprint density at radius 3 is 2.61 bits per heavy atom. The molecule has 0 atom stereocenters. The Balaban J connectivity index is 2.08. The van der Waals surface area contributed by atoms with Crippen LogP contribution in [0.1, 0.15) is 49.4 Å². The minimum Gasteiger partial charge on any atom is -0.381 e. The van der Waals surface area contributed by atoms with E-state index in [1.807, 2.05) is 0 Å². The zero-order chi connectivity index (χ0) is 16.2. The molecule has 0 aromatic heterocycles. The van der Waals surface area contributed by atoms with E-state index in [1.165, 1.54) is 39.1 Å². The molecule has 1 N–H and O–H groups in total. The second-order valence-corrected chi connectivity index (χ2v) is 6.13. The first-order valence-electron chi connectivity index (χ1n) is 8.56. The molecular weight excluding hydrogens is 278 g/mol. The molecule has 3 rings (SSSR count). The smallest absolute Gasteiger partial charge is 0.0421 e. The molecule has 1 nitrogen and oxygen atoms in total. The Hall–Kier alpha value is -2.28. The van der Waals surface area contributed by atoms with Crippen molar-refractivity contribution in [2.45, 2.75) is 40.2 Å². The summed E-state index contributed by atoms with van der Waals surface area (Å²) in [6, 6.07) is 15.7. The van der Waals surface area contributed by atoms with Crippen molar-refractivity contribution in [2.75, 3.05) is 5.32 Å². The Morgan fingerprint density at radius 1 is 1.09 bits per heavy atom. The molecule has 2 aromatic carbocycles. The van der Waals surface area contributed by atoms with Crippen LogP contribution in [0.25, 0.3) is 11.1 Å². The van der Waals surface area contributed by atoms with Crippen molar-refractivity contribution in [3.05, 3.63) is 76.9 Å². The maximum atomic E-state index is 3.34. The topological polar surface area (TPSA) is 12.0 Å². The number of anilines is 1. The number of hydrogen-bond acceptors (Lipinski definition) is 1. The molecular formula is C22H25N. The van der Waals surface area contributed by atoms with Crippen molar-refractivity contribution in [3.8, 4) is 0 Å². The second kappa shape index (κ2) is 6.87. The van der Waals surface area contributed by atoms with E-state index < -0.39 is 0 Å². The highest BCUT2D eigenvalue weighted by Gasteiger charge is 2.14. The van der Waals surface area contributed by atoms with E-state index in [1.54, 1.807) is 0 Å². The lowest BCUT2D eigenvalue weighted by atomic mass is 9.91. The standard InChI is InChI=1S/C22H25N/c1-4-6-10-21(19-11-12-22-20(14-19)15-23-22)16(3)18-9-7-8-17(5-2)13-18/h6-14,23H,4-5,15H2,1-3H3/b10-6-,21-16-. The number of hydrogen-bond donors (Lipinski definition) is 1. The third-order valence-electron chi connectivity index (χ3n) is 4.58. The highest BCUT2D eigenvalue weighted by molar-refractivity contribution is 5.95. The van der Waals surface area contributed by atoms with Crippen LogP contribution >= 0.6 is 0 Å². The predicted octanol–water partition coefficient (Wildman–Crippen LogP) is 6.07. The van der Waals surface area contributed by atoms with Crippen LogP contribution in [0.3, 0.4) is 0 Å². The fraction of sp³-hybridized carbons (Fsp3) is 0.273. The number of aryl methyl sites for hydroxylation is 1. The van der Waals surface area contributed by atoms with Crippen LogP contribution in [0.5, 0.6) is 0 Å². The molecule has 1 heterocycles. The van der Waals surface area contributed by atoms with Crippen molar-refractivity contribution in [3.63, 3.8) is 0 Å². The minimum absolute atomic E-state index is 0.984. The van der Waals surface area contributed by atoms with E-state index in [-0.39, 0.29) is 0 Å². The van der Waals surface area contributed by atoms with Crippen LogP contribution in [0.15, 0.2) is 54.6 Å². The van der Waals surface area contributed by atoms with E-state index in [0.29, 0.717) is 0 Å². The van der Waals surface area contributed by atoms with Crippen LogP contribution in [0.2, 0.25) is 0 Å². The van der Waals surface area contributed by atoms with Crippen LogP contribution in [-0.4, -0.2) is 0 Å². The van der Waals surface area contributed by atoms with Gasteiger partial charge in [-0.05, 0) is 65.3 Å². The van der Waals surface area contributed by atoms with Crippen molar-refractivity contribution in [1.29, 1.82) is 0 Å². The van der Waals surface area contributed by atoms with Gasteiger partial charge in [-0.1, -0.05) is 56.3 Å². The lowest BCUT2D eigenvalue weighted by Gasteiger charge is -2.23. The first-order chi connectivity index (χ1) is 11.2. The summed E-state index contributed by atoms with van der Waals surface area (Å²) in [5.74, 6) is 0. The third kappa shape index (κ3) is 3.24. The molecule has 1 aliphatic rings. The maximum absolute atomic E-state index is 3.34. The molecule has 0 spiro atoms. The van der Waals surface area contributed by atoms with Crippen molar-refractivity contribution in [1.82, 2.24) is 0 Å². The first kappa shape index (κ1) is 15.6. The van der Waals surface area contributed by atoms with E-state index in [2.05, 4.69) is 80.7 Å². The lowest BCUT2D eigenvalue weighted by Crippen LogP contribution is -2.13. The highest BCUT2D eigenvalue weighted by atomic mass is 14.9. The Labute approximate surface area is 139 Å². The highest BCUT2D eigenvalue weighted by Crippen LogP contribution is 2.33. The van der Waals surface area contributed by atoms with Gasteiger partial charge in [-0.2, -0.15) is 0 Å². The summed E-state index contributed by atoms with van der Waals surface area (Å²) >= 11 is 0. The van der Waals surface area contributed by atoms with E-state index in [9.17, 15) is 0 Å². The first-order valence-corrected chi connectivity index (χ1v) is 8.56. The molecule has 0 saturated carbocycles. The lowest BCUT2D eigenvalue weighted by molar-refractivity contribution is 1.05. The van der Waals surface area contributed by atoms with Crippen LogP contribution in [0, 0.1) is 0 Å². The maximum Gasteiger partial charge on any atom is 0.0421 e. The van der Waals surface area contributed by atoms with Crippen molar-refractivity contribution < 1.29 is 0 Å². The summed E-state index contributed by atoms with van der Waals surface area (Å²) < 4.78 is 0. The van der Waals surface area contributed by atoms with Gasteiger partial charge in [0, 0.05) is 12.2 Å².